The monoisotopic (exact) mass is 368 g/mol. The van der Waals surface area contributed by atoms with E-state index in [9.17, 15) is 4.80 Å². The second-order valence-electron chi connectivity index (χ2n) is 6.37. The molecule has 0 spiro atoms. The summed E-state index contributed by atoms with van der Waals surface area (Å²) >= 11 is 0. The van der Waals surface area contributed by atoms with Gasteiger partial charge in [-0.05, 0) is 23.3 Å². The van der Waals surface area contributed by atoms with Crippen LogP contribution in [0.15, 0.2) is 115 Å². The summed E-state index contributed by atoms with van der Waals surface area (Å²) in [6.45, 7) is 0. The third kappa shape index (κ3) is 3.70. The van der Waals surface area contributed by atoms with Crippen molar-refractivity contribution in [2.75, 3.05) is 0 Å². The Hall–Kier alpha value is -3.14. The van der Waals surface area contributed by atoms with Gasteiger partial charge in [0, 0.05) is 10.4 Å². The van der Waals surface area contributed by atoms with Crippen LogP contribution in [0.1, 0.15) is 0 Å². The van der Waals surface area contributed by atoms with Crippen LogP contribution in [0.25, 0.3) is 11.1 Å². The SMILES string of the molecule is O[Si](Oc1ccc(-c2ccccc2)cc1)(c1ccccc1)c1ccccc1. The van der Waals surface area contributed by atoms with Crippen molar-refractivity contribution in [3.8, 4) is 16.9 Å². The first-order valence-electron chi connectivity index (χ1n) is 8.94. The van der Waals surface area contributed by atoms with Crippen molar-refractivity contribution in [3.05, 3.63) is 115 Å². The molecule has 0 aliphatic rings. The molecular formula is C24H20O2Si. The molecule has 0 bridgehead atoms. The van der Waals surface area contributed by atoms with Gasteiger partial charge in [0.25, 0.3) is 0 Å². The lowest BCUT2D eigenvalue weighted by atomic mass is 10.1. The third-order valence-electron chi connectivity index (χ3n) is 4.56. The van der Waals surface area contributed by atoms with Crippen LogP contribution < -0.4 is 14.8 Å². The van der Waals surface area contributed by atoms with E-state index < -0.39 is 8.56 Å². The maximum Gasteiger partial charge on any atom is 0.465 e. The van der Waals surface area contributed by atoms with E-state index in [0.717, 1.165) is 21.5 Å². The first-order valence-corrected chi connectivity index (χ1v) is 10.8. The normalized spacial score (nSPS) is 11.1. The van der Waals surface area contributed by atoms with Gasteiger partial charge in [-0.3, -0.25) is 0 Å². The molecule has 0 unspecified atom stereocenters. The zero-order valence-corrected chi connectivity index (χ0v) is 15.8. The van der Waals surface area contributed by atoms with Crippen LogP contribution in [-0.4, -0.2) is 13.4 Å². The van der Waals surface area contributed by atoms with E-state index in [0.29, 0.717) is 5.75 Å². The minimum absolute atomic E-state index is 0.663. The minimum Gasteiger partial charge on any atom is -0.514 e. The van der Waals surface area contributed by atoms with E-state index in [2.05, 4.69) is 12.1 Å². The maximum atomic E-state index is 11.6. The molecule has 4 aromatic carbocycles. The Labute approximate surface area is 160 Å². The van der Waals surface area contributed by atoms with Crippen molar-refractivity contribution >= 4 is 18.9 Å². The Balaban J connectivity index is 1.68. The van der Waals surface area contributed by atoms with Gasteiger partial charge in [0.15, 0.2) is 0 Å². The highest BCUT2D eigenvalue weighted by Crippen LogP contribution is 2.23. The molecule has 1 N–H and O–H groups in total. The lowest BCUT2D eigenvalue weighted by Gasteiger charge is -2.26. The van der Waals surface area contributed by atoms with Gasteiger partial charge >= 0.3 is 8.56 Å². The van der Waals surface area contributed by atoms with Gasteiger partial charge in [-0.25, -0.2) is 0 Å². The van der Waals surface area contributed by atoms with Gasteiger partial charge in [0.2, 0.25) is 0 Å². The maximum absolute atomic E-state index is 11.6. The molecule has 0 radical (unpaired) electrons. The topological polar surface area (TPSA) is 29.5 Å². The molecule has 0 amide bonds. The van der Waals surface area contributed by atoms with E-state index in [1.54, 1.807) is 0 Å². The predicted octanol–water partition coefficient (Wildman–Crippen LogP) is 3.98. The number of rotatable bonds is 5. The zero-order chi connectivity index (χ0) is 18.5. The standard InChI is InChI=1S/C24H20O2Si/c25-27(23-12-6-2-7-13-23,24-14-8-3-9-15-24)26-22-18-16-21(17-19-22)20-10-4-1-5-11-20/h1-19,25H. The van der Waals surface area contributed by atoms with Crippen molar-refractivity contribution in [3.63, 3.8) is 0 Å². The van der Waals surface area contributed by atoms with Crippen molar-refractivity contribution in [2.45, 2.75) is 0 Å². The highest BCUT2D eigenvalue weighted by Gasteiger charge is 2.41. The van der Waals surface area contributed by atoms with E-state index in [4.69, 9.17) is 4.43 Å². The molecule has 0 aromatic heterocycles. The smallest absolute Gasteiger partial charge is 0.465 e. The average molecular weight is 369 g/mol. The Kier molecular flexibility index (Phi) is 4.88. The number of benzene rings is 4. The van der Waals surface area contributed by atoms with Gasteiger partial charge < -0.3 is 9.22 Å². The second-order valence-corrected chi connectivity index (χ2v) is 9.02. The molecule has 3 heteroatoms. The average Bonchev–Trinajstić information content (AvgIpc) is 2.76. The summed E-state index contributed by atoms with van der Waals surface area (Å²) < 4.78 is 6.26. The van der Waals surface area contributed by atoms with E-state index >= 15 is 0 Å². The molecule has 0 saturated carbocycles. The van der Waals surface area contributed by atoms with Crippen LogP contribution in [0, 0.1) is 0 Å². The van der Waals surface area contributed by atoms with Gasteiger partial charge in [0.1, 0.15) is 5.75 Å². The summed E-state index contributed by atoms with van der Waals surface area (Å²) in [6, 6.07) is 37.4. The fourth-order valence-corrected chi connectivity index (χ4v) is 5.46. The van der Waals surface area contributed by atoms with E-state index in [-0.39, 0.29) is 0 Å². The van der Waals surface area contributed by atoms with Crippen LogP contribution in [0.2, 0.25) is 0 Å². The largest absolute Gasteiger partial charge is 0.514 e. The number of hydrogen-bond donors (Lipinski definition) is 1. The summed E-state index contributed by atoms with van der Waals surface area (Å²) in [5.41, 5.74) is 2.27. The molecule has 4 aromatic rings. The Morgan fingerprint density at radius 3 is 1.37 bits per heavy atom. The van der Waals surface area contributed by atoms with Crippen LogP contribution in [0.4, 0.5) is 0 Å². The Morgan fingerprint density at radius 2 is 0.889 bits per heavy atom. The van der Waals surface area contributed by atoms with Gasteiger partial charge in [0.05, 0.1) is 0 Å². The van der Waals surface area contributed by atoms with Crippen LogP contribution in [0.3, 0.4) is 0 Å². The van der Waals surface area contributed by atoms with Crippen LogP contribution in [-0.2, 0) is 0 Å². The predicted molar refractivity (Wildman–Crippen MR) is 113 cm³/mol. The van der Waals surface area contributed by atoms with Crippen molar-refractivity contribution in [2.24, 2.45) is 0 Å². The van der Waals surface area contributed by atoms with Crippen molar-refractivity contribution in [1.29, 1.82) is 0 Å². The Morgan fingerprint density at radius 1 is 0.481 bits per heavy atom. The molecule has 0 saturated heterocycles. The molecule has 27 heavy (non-hydrogen) atoms. The summed E-state index contributed by atoms with van der Waals surface area (Å²) in [7, 11) is -3.34. The van der Waals surface area contributed by atoms with Crippen LogP contribution >= 0.6 is 0 Å². The summed E-state index contributed by atoms with van der Waals surface area (Å²) in [5, 5.41) is 1.65. The summed E-state index contributed by atoms with van der Waals surface area (Å²) in [4.78, 5) is 11.6. The Bertz CT molecular complexity index is 945. The van der Waals surface area contributed by atoms with E-state index in [1.807, 2.05) is 103 Å². The second kappa shape index (κ2) is 7.62. The fraction of sp³-hybridized carbons (Fsp3) is 0. The van der Waals surface area contributed by atoms with Gasteiger partial charge in [-0.2, -0.15) is 0 Å². The zero-order valence-electron chi connectivity index (χ0n) is 14.8. The molecule has 0 heterocycles. The fourth-order valence-electron chi connectivity index (χ4n) is 3.13. The first-order chi connectivity index (χ1) is 13.3. The van der Waals surface area contributed by atoms with Crippen molar-refractivity contribution < 1.29 is 9.22 Å². The van der Waals surface area contributed by atoms with E-state index in [1.165, 1.54) is 0 Å². The molecule has 0 aliphatic heterocycles. The molecule has 0 aliphatic carbocycles. The molecule has 0 atom stereocenters. The van der Waals surface area contributed by atoms with Gasteiger partial charge in [-0.15, -0.1) is 0 Å². The molecule has 132 valence electrons. The summed E-state index contributed by atoms with van der Waals surface area (Å²) in [5.74, 6) is 0.663. The molecule has 2 nitrogen and oxygen atoms in total. The minimum atomic E-state index is -3.34. The lowest BCUT2D eigenvalue weighted by Crippen LogP contribution is -2.63. The summed E-state index contributed by atoms with van der Waals surface area (Å²) in [6.07, 6.45) is 0. The molecule has 0 fully saturated rings. The van der Waals surface area contributed by atoms with Crippen molar-refractivity contribution in [1.82, 2.24) is 0 Å². The third-order valence-corrected chi connectivity index (χ3v) is 7.32. The number of hydrogen-bond acceptors (Lipinski definition) is 2. The quantitative estimate of drug-likeness (QED) is 0.540. The van der Waals surface area contributed by atoms with Gasteiger partial charge in [-0.1, -0.05) is 103 Å². The molecular weight excluding hydrogens is 348 g/mol. The lowest BCUT2D eigenvalue weighted by molar-refractivity contribution is 0.409. The molecule has 4 rings (SSSR count). The highest BCUT2D eigenvalue weighted by atomic mass is 28.4. The first kappa shape index (κ1) is 17.3. The highest BCUT2D eigenvalue weighted by molar-refractivity contribution is 6.92. The van der Waals surface area contributed by atoms with Crippen LogP contribution in [0.5, 0.6) is 5.75 Å².